The lowest BCUT2D eigenvalue weighted by Crippen LogP contribution is -2.25. The number of nitrogens with zero attached hydrogens (tertiary/aromatic N) is 3. The second-order valence-corrected chi connectivity index (χ2v) is 20.0. The Hall–Kier alpha value is -9.70. The summed E-state index contributed by atoms with van der Waals surface area (Å²) >= 11 is 0. The lowest BCUT2D eigenvalue weighted by molar-refractivity contribution is 0.794. The molecule has 0 bridgehead atoms. The third kappa shape index (κ3) is 5.66. The van der Waals surface area contributed by atoms with E-state index in [4.69, 9.17) is 0 Å². The molecule has 2 aliphatic carbocycles. The average Bonchev–Trinajstić information content (AvgIpc) is 4.17. The topological polar surface area (TPSA) is 13.1 Å². The quantitative estimate of drug-likeness (QED) is 0.162. The third-order valence-electron chi connectivity index (χ3n) is 16.3. The van der Waals surface area contributed by atoms with Crippen LogP contribution < -0.4 is 4.90 Å². The van der Waals surface area contributed by atoms with Crippen molar-refractivity contribution in [1.82, 2.24) is 9.13 Å². The molecule has 0 amide bonds. The second kappa shape index (κ2) is 15.6. The summed E-state index contributed by atoms with van der Waals surface area (Å²) in [6.07, 6.45) is 0. The molecule has 0 N–H and O–H groups in total. The van der Waals surface area contributed by atoms with Crippen LogP contribution in [0.4, 0.5) is 17.1 Å². The molecular formula is C71H45N3. The summed E-state index contributed by atoms with van der Waals surface area (Å²) in [5.41, 5.74) is 22.7. The molecule has 74 heavy (non-hydrogen) atoms. The number of hydrogen-bond donors (Lipinski definition) is 0. The largest absolute Gasteiger partial charge is 0.310 e. The van der Waals surface area contributed by atoms with E-state index in [1.165, 1.54) is 99.1 Å². The summed E-state index contributed by atoms with van der Waals surface area (Å²) in [7, 11) is 0. The van der Waals surface area contributed by atoms with Gasteiger partial charge in [-0.25, -0.2) is 0 Å². The van der Waals surface area contributed by atoms with Crippen LogP contribution in [-0.4, -0.2) is 9.13 Å². The van der Waals surface area contributed by atoms with E-state index in [1.54, 1.807) is 0 Å². The minimum atomic E-state index is -0.426. The Bertz CT molecular complexity index is 4580. The van der Waals surface area contributed by atoms with Gasteiger partial charge in [0, 0.05) is 49.7 Å². The minimum Gasteiger partial charge on any atom is -0.310 e. The number of rotatable bonds is 6. The molecule has 2 aliphatic rings. The zero-order chi connectivity index (χ0) is 48.5. The molecule has 14 aromatic rings. The standard InChI is InChI=1S/C71H45N3/c1-2-21-49(22-3-1)73-67-33-14-9-28-57(67)60-40-37-52(45-70(60)73)72(51-38-41-65-61(44-51)56-27-8-13-32-64(56)71(65)62-30-11-6-25-54(62)55-26-7-12-31-63(55)71)50-23-16-20-47(42-50)48-36-39-59-58-29-10-15-34-68(58)74(69(59)43-48)66-35-17-19-46-18-4-5-24-53(46)66/h1-45H. The van der Waals surface area contributed by atoms with Crippen LogP contribution in [0.3, 0.4) is 0 Å². The van der Waals surface area contributed by atoms with E-state index in [-0.39, 0.29) is 0 Å². The van der Waals surface area contributed by atoms with Gasteiger partial charge >= 0.3 is 0 Å². The van der Waals surface area contributed by atoms with Crippen LogP contribution in [0.15, 0.2) is 273 Å². The summed E-state index contributed by atoms with van der Waals surface area (Å²) in [6.45, 7) is 0. The van der Waals surface area contributed by atoms with Gasteiger partial charge in [0.1, 0.15) is 0 Å². The molecule has 0 atom stereocenters. The molecule has 2 aromatic heterocycles. The molecular weight excluding hydrogens is 895 g/mol. The Morgan fingerprint density at radius 3 is 1.49 bits per heavy atom. The van der Waals surface area contributed by atoms with E-state index in [2.05, 4.69) is 287 Å². The van der Waals surface area contributed by atoms with Gasteiger partial charge in [0.15, 0.2) is 0 Å². The maximum Gasteiger partial charge on any atom is 0.0725 e. The van der Waals surface area contributed by atoms with E-state index < -0.39 is 5.41 Å². The van der Waals surface area contributed by atoms with Crippen molar-refractivity contribution in [3.63, 3.8) is 0 Å². The molecule has 12 aromatic carbocycles. The van der Waals surface area contributed by atoms with Crippen LogP contribution >= 0.6 is 0 Å². The van der Waals surface area contributed by atoms with Crippen molar-refractivity contribution in [2.45, 2.75) is 5.41 Å². The highest BCUT2D eigenvalue weighted by molar-refractivity contribution is 6.12. The fraction of sp³-hybridized carbons (Fsp3) is 0.0141. The van der Waals surface area contributed by atoms with Gasteiger partial charge in [-0.15, -0.1) is 0 Å². The molecule has 16 rings (SSSR count). The van der Waals surface area contributed by atoms with Crippen LogP contribution in [-0.2, 0) is 5.41 Å². The fourth-order valence-corrected chi connectivity index (χ4v) is 13.3. The molecule has 0 fully saturated rings. The van der Waals surface area contributed by atoms with Gasteiger partial charge in [0.05, 0.1) is 33.2 Å². The lowest BCUT2D eigenvalue weighted by atomic mass is 9.70. The van der Waals surface area contributed by atoms with Crippen LogP contribution in [0.2, 0.25) is 0 Å². The fourth-order valence-electron chi connectivity index (χ4n) is 13.3. The summed E-state index contributed by atoms with van der Waals surface area (Å²) < 4.78 is 4.88. The second-order valence-electron chi connectivity index (χ2n) is 20.0. The van der Waals surface area contributed by atoms with Crippen molar-refractivity contribution >= 4 is 71.4 Å². The highest BCUT2D eigenvalue weighted by atomic mass is 15.1. The molecule has 344 valence electrons. The zero-order valence-electron chi connectivity index (χ0n) is 40.3. The molecule has 0 radical (unpaired) electrons. The number of aromatic nitrogens is 2. The first kappa shape index (κ1) is 41.0. The van der Waals surface area contributed by atoms with Crippen LogP contribution in [0.5, 0.6) is 0 Å². The summed E-state index contributed by atoms with van der Waals surface area (Å²) in [4.78, 5) is 2.48. The molecule has 2 heterocycles. The Kier molecular flexibility index (Phi) is 8.66. The predicted octanol–water partition coefficient (Wildman–Crippen LogP) is 18.5. The molecule has 3 heteroatoms. The molecule has 0 saturated carbocycles. The van der Waals surface area contributed by atoms with Crippen molar-refractivity contribution in [3.05, 3.63) is 295 Å². The predicted molar refractivity (Wildman–Crippen MR) is 309 cm³/mol. The summed E-state index contributed by atoms with van der Waals surface area (Å²) in [5.74, 6) is 0. The van der Waals surface area contributed by atoms with Gasteiger partial charge in [0.2, 0.25) is 0 Å². The Morgan fingerprint density at radius 1 is 0.270 bits per heavy atom. The van der Waals surface area contributed by atoms with Crippen LogP contribution in [0, 0.1) is 0 Å². The van der Waals surface area contributed by atoms with Crippen molar-refractivity contribution in [2.24, 2.45) is 0 Å². The normalized spacial score (nSPS) is 13.0. The van der Waals surface area contributed by atoms with Gasteiger partial charge in [-0.2, -0.15) is 0 Å². The van der Waals surface area contributed by atoms with E-state index in [9.17, 15) is 0 Å². The van der Waals surface area contributed by atoms with E-state index in [0.717, 1.165) is 39.4 Å². The maximum absolute atomic E-state index is 2.48. The van der Waals surface area contributed by atoms with Crippen LogP contribution in [0.1, 0.15) is 22.3 Å². The Balaban J connectivity index is 0.925. The summed E-state index contributed by atoms with van der Waals surface area (Å²) in [5, 5.41) is 7.40. The smallest absolute Gasteiger partial charge is 0.0725 e. The van der Waals surface area contributed by atoms with Gasteiger partial charge in [-0.3, -0.25) is 0 Å². The van der Waals surface area contributed by atoms with Crippen molar-refractivity contribution in [1.29, 1.82) is 0 Å². The number of fused-ring (bicyclic) bond motifs is 17. The number of benzene rings is 12. The van der Waals surface area contributed by atoms with E-state index >= 15 is 0 Å². The zero-order valence-corrected chi connectivity index (χ0v) is 40.3. The SMILES string of the molecule is c1ccc(-n2c3ccccc3c3ccc(N(c4cccc(-c5ccc6c7ccccc7n(-c7cccc8ccccc78)c6c5)c4)c4ccc5c(c4)-c4ccccc4C54c5ccccc5-c5ccccc54)cc32)cc1. The van der Waals surface area contributed by atoms with Gasteiger partial charge in [0.25, 0.3) is 0 Å². The Morgan fingerprint density at radius 2 is 0.757 bits per heavy atom. The van der Waals surface area contributed by atoms with Gasteiger partial charge < -0.3 is 14.0 Å². The Labute approximate surface area is 428 Å². The average molecular weight is 940 g/mol. The number of anilines is 3. The maximum atomic E-state index is 2.48. The van der Waals surface area contributed by atoms with Crippen molar-refractivity contribution in [3.8, 4) is 44.8 Å². The van der Waals surface area contributed by atoms with Crippen LogP contribution in [0.25, 0.3) is 99.1 Å². The molecule has 0 saturated heterocycles. The summed E-state index contributed by atoms with van der Waals surface area (Å²) in [6, 6.07) is 101. The first-order valence-electron chi connectivity index (χ1n) is 25.7. The van der Waals surface area contributed by atoms with Crippen molar-refractivity contribution in [2.75, 3.05) is 4.90 Å². The van der Waals surface area contributed by atoms with E-state index in [0.29, 0.717) is 0 Å². The monoisotopic (exact) mass is 939 g/mol. The lowest BCUT2D eigenvalue weighted by Gasteiger charge is -2.31. The van der Waals surface area contributed by atoms with Gasteiger partial charge in [-0.05, 0) is 134 Å². The van der Waals surface area contributed by atoms with Gasteiger partial charge in [-0.1, -0.05) is 200 Å². The first-order chi connectivity index (χ1) is 36.7. The molecule has 0 unspecified atom stereocenters. The number of para-hydroxylation sites is 3. The number of hydrogen-bond acceptors (Lipinski definition) is 1. The first-order valence-corrected chi connectivity index (χ1v) is 25.7. The van der Waals surface area contributed by atoms with Crippen molar-refractivity contribution < 1.29 is 0 Å². The highest BCUT2D eigenvalue weighted by Gasteiger charge is 2.51. The van der Waals surface area contributed by atoms with E-state index in [1.807, 2.05) is 0 Å². The third-order valence-corrected chi connectivity index (χ3v) is 16.3. The molecule has 0 aliphatic heterocycles. The highest BCUT2D eigenvalue weighted by Crippen LogP contribution is 2.63. The molecule has 3 nitrogen and oxygen atoms in total. The molecule has 1 spiro atoms. The minimum absolute atomic E-state index is 0.426.